The van der Waals surface area contributed by atoms with Crippen molar-refractivity contribution >= 4 is 23.8 Å². The van der Waals surface area contributed by atoms with Crippen molar-refractivity contribution in [3.05, 3.63) is 95.9 Å². The highest BCUT2D eigenvalue weighted by Gasteiger charge is 2.32. The number of carbonyl (C=O) groups is 4. The highest BCUT2D eigenvalue weighted by atomic mass is 16.5. The summed E-state index contributed by atoms with van der Waals surface area (Å²) in [5, 5.41) is 22.7. The number of furan rings is 1. The maximum Gasteiger partial charge on any atom is 0.408 e. The molecule has 49 heavy (non-hydrogen) atoms. The van der Waals surface area contributed by atoms with Crippen molar-refractivity contribution in [3.8, 4) is 0 Å². The van der Waals surface area contributed by atoms with E-state index in [0.29, 0.717) is 18.1 Å². The summed E-state index contributed by atoms with van der Waals surface area (Å²) in [6, 6.07) is 19.4. The number of rotatable bonds is 17. The van der Waals surface area contributed by atoms with Gasteiger partial charge in [-0.3, -0.25) is 14.4 Å². The van der Waals surface area contributed by atoms with Gasteiger partial charge in [-0.25, -0.2) is 4.79 Å². The minimum absolute atomic E-state index is 0.0478. The van der Waals surface area contributed by atoms with Crippen LogP contribution in [0.4, 0.5) is 4.79 Å². The second kappa shape index (κ2) is 19.4. The van der Waals surface area contributed by atoms with Crippen molar-refractivity contribution in [2.45, 2.75) is 103 Å². The van der Waals surface area contributed by atoms with E-state index in [1.54, 1.807) is 26.0 Å². The third-order valence-electron chi connectivity index (χ3n) is 8.88. The Labute approximate surface area is 288 Å². The molecule has 1 aliphatic rings. The largest absolute Gasteiger partial charge is 0.467 e. The van der Waals surface area contributed by atoms with Crippen molar-refractivity contribution < 1.29 is 33.4 Å². The summed E-state index contributed by atoms with van der Waals surface area (Å²) in [5.41, 5.74) is 1.65. The van der Waals surface area contributed by atoms with Crippen LogP contribution in [0.1, 0.15) is 75.7 Å². The molecule has 4 amide bonds. The molecule has 2 aromatic carbocycles. The van der Waals surface area contributed by atoms with Gasteiger partial charge in [-0.15, -0.1) is 0 Å². The Morgan fingerprint density at radius 2 is 1.51 bits per heavy atom. The normalized spacial score (nSPS) is 15.8. The Morgan fingerprint density at radius 3 is 2.14 bits per heavy atom. The van der Waals surface area contributed by atoms with E-state index < -0.39 is 42.1 Å². The second-order valence-electron chi connectivity index (χ2n) is 13.2. The molecule has 1 aromatic heterocycles. The van der Waals surface area contributed by atoms with E-state index in [0.717, 1.165) is 36.8 Å². The van der Waals surface area contributed by atoms with Crippen LogP contribution >= 0.6 is 0 Å². The van der Waals surface area contributed by atoms with Crippen LogP contribution in [0.15, 0.2) is 83.5 Å². The molecule has 1 fully saturated rings. The molecule has 0 bridgehead atoms. The molecule has 264 valence electrons. The Kier molecular flexibility index (Phi) is 14.7. The van der Waals surface area contributed by atoms with Gasteiger partial charge in [0.05, 0.1) is 31.4 Å². The topological polar surface area (TPSA) is 159 Å². The standard InChI is InChI=1S/C38H50N4O7/c1-26(2)35(42-38(47)49-25-29-17-10-5-11-18-29)37(46)41-31(21-27-13-6-3-7-14-27)33(43)23-34(44)40-32(22-28-15-8-4-9-16-28)36(45)39-24-30-19-12-20-48-30/h3,5-7,10-14,17-20,26,28,31-33,35,43H,4,8-9,15-16,21-25H2,1-2H3,(H,39,45)(H,40,44)(H,41,46)(H,42,47)/t31-,32-,33-,35-/m0/s1. The molecule has 0 spiro atoms. The zero-order chi connectivity index (χ0) is 35.0. The molecule has 3 aromatic rings. The predicted octanol–water partition coefficient (Wildman–Crippen LogP) is 4.78. The van der Waals surface area contributed by atoms with Gasteiger partial charge in [0.15, 0.2) is 0 Å². The quantitative estimate of drug-likeness (QED) is 0.138. The third kappa shape index (κ3) is 12.7. The number of aliphatic hydroxyl groups excluding tert-OH is 1. The third-order valence-corrected chi connectivity index (χ3v) is 8.88. The molecule has 0 saturated heterocycles. The molecule has 1 aliphatic carbocycles. The molecule has 11 heteroatoms. The van der Waals surface area contributed by atoms with Gasteiger partial charge in [0.2, 0.25) is 17.7 Å². The zero-order valence-corrected chi connectivity index (χ0v) is 28.4. The Balaban J connectivity index is 1.40. The van der Waals surface area contributed by atoms with E-state index >= 15 is 0 Å². The van der Waals surface area contributed by atoms with Gasteiger partial charge in [0.25, 0.3) is 0 Å². The average molecular weight is 675 g/mol. The second-order valence-corrected chi connectivity index (χ2v) is 13.2. The van der Waals surface area contributed by atoms with Crippen LogP contribution in [0.5, 0.6) is 0 Å². The van der Waals surface area contributed by atoms with E-state index in [1.807, 2.05) is 60.7 Å². The van der Waals surface area contributed by atoms with Crippen LogP contribution in [0.2, 0.25) is 0 Å². The van der Waals surface area contributed by atoms with Crippen LogP contribution in [0.25, 0.3) is 0 Å². The first-order valence-corrected chi connectivity index (χ1v) is 17.3. The predicted molar refractivity (Wildman–Crippen MR) is 185 cm³/mol. The molecule has 4 atom stereocenters. The SMILES string of the molecule is CC(C)[C@H](NC(=O)OCc1ccccc1)C(=O)N[C@@H](Cc1ccccc1)[C@@H](O)CC(=O)N[C@@H](CC1CCCCC1)C(=O)NCc1ccco1. The van der Waals surface area contributed by atoms with Gasteiger partial charge in [0.1, 0.15) is 24.5 Å². The highest BCUT2D eigenvalue weighted by molar-refractivity contribution is 5.88. The lowest BCUT2D eigenvalue weighted by atomic mass is 9.84. The highest BCUT2D eigenvalue weighted by Crippen LogP contribution is 2.27. The van der Waals surface area contributed by atoms with Crippen LogP contribution in [-0.2, 0) is 38.7 Å². The van der Waals surface area contributed by atoms with Crippen molar-refractivity contribution in [3.63, 3.8) is 0 Å². The summed E-state index contributed by atoms with van der Waals surface area (Å²) in [6.07, 6.45) is 5.24. The number of ether oxygens (including phenoxy) is 1. The molecule has 4 rings (SSSR count). The molecule has 0 unspecified atom stereocenters. The first-order valence-electron chi connectivity index (χ1n) is 17.3. The van der Waals surface area contributed by atoms with Crippen LogP contribution in [0.3, 0.4) is 0 Å². The van der Waals surface area contributed by atoms with E-state index in [1.165, 1.54) is 12.7 Å². The molecule has 0 aliphatic heterocycles. The van der Waals surface area contributed by atoms with Crippen molar-refractivity contribution in [2.24, 2.45) is 11.8 Å². The van der Waals surface area contributed by atoms with Gasteiger partial charge in [-0.05, 0) is 47.9 Å². The number of hydrogen-bond acceptors (Lipinski definition) is 7. The smallest absolute Gasteiger partial charge is 0.408 e. The number of amides is 4. The molecule has 1 heterocycles. The van der Waals surface area contributed by atoms with Crippen LogP contribution in [0, 0.1) is 11.8 Å². The van der Waals surface area contributed by atoms with Crippen molar-refractivity contribution in [1.29, 1.82) is 0 Å². The maximum atomic E-state index is 13.6. The fourth-order valence-electron chi connectivity index (χ4n) is 6.13. The fourth-order valence-corrected chi connectivity index (χ4v) is 6.13. The van der Waals surface area contributed by atoms with Gasteiger partial charge < -0.3 is 35.5 Å². The van der Waals surface area contributed by atoms with Gasteiger partial charge >= 0.3 is 6.09 Å². The average Bonchev–Trinajstić information content (AvgIpc) is 3.63. The summed E-state index contributed by atoms with van der Waals surface area (Å²) in [4.78, 5) is 52.9. The van der Waals surface area contributed by atoms with Crippen LogP contribution in [-0.4, -0.2) is 53.2 Å². The number of carbonyl (C=O) groups excluding carboxylic acids is 4. The lowest BCUT2D eigenvalue weighted by Crippen LogP contribution is -2.56. The fraction of sp³-hybridized carbons (Fsp3) is 0.474. The van der Waals surface area contributed by atoms with Gasteiger partial charge in [-0.2, -0.15) is 0 Å². The summed E-state index contributed by atoms with van der Waals surface area (Å²) >= 11 is 0. The maximum absolute atomic E-state index is 13.6. The first-order chi connectivity index (χ1) is 23.7. The van der Waals surface area contributed by atoms with E-state index in [2.05, 4.69) is 21.3 Å². The van der Waals surface area contributed by atoms with Gasteiger partial charge in [0, 0.05) is 0 Å². The van der Waals surface area contributed by atoms with E-state index in [4.69, 9.17) is 9.15 Å². The number of aliphatic hydroxyl groups is 1. The first kappa shape index (κ1) is 37.2. The van der Waals surface area contributed by atoms with E-state index in [9.17, 15) is 24.3 Å². The monoisotopic (exact) mass is 674 g/mol. The summed E-state index contributed by atoms with van der Waals surface area (Å²) in [5.74, 6) is -0.726. The zero-order valence-electron chi connectivity index (χ0n) is 28.4. The number of benzene rings is 2. The molecule has 0 radical (unpaired) electrons. The number of alkyl carbamates (subject to hydrolysis) is 1. The molecule has 11 nitrogen and oxygen atoms in total. The summed E-state index contributed by atoms with van der Waals surface area (Å²) in [6.45, 7) is 3.83. The van der Waals surface area contributed by atoms with Crippen molar-refractivity contribution in [1.82, 2.24) is 21.3 Å². The van der Waals surface area contributed by atoms with E-state index in [-0.39, 0.29) is 37.8 Å². The Morgan fingerprint density at radius 1 is 0.837 bits per heavy atom. The van der Waals surface area contributed by atoms with Gasteiger partial charge in [-0.1, -0.05) is 107 Å². The number of hydrogen-bond donors (Lipinski definition) is 5. The lowest BCUT2D eigenvalue weighted by Gasteiger charge is -2.29. The Hall–Kier alpha value is -4.64. The molecule has 1 saturated carbocycles. The molecular weight excluding hydrogens is 624 g/mol. The lowest BCUT2D eigenvalue weighted by molar-refractivity contribution is -0.131. The molecule has 5 N–H and O–H groups in total. The minimum Gasteiger partial charge on any atom is -0.467 e. The van der Waals surface area contributed by atoms with Crippen LogP contribution < -0.4 is 21.3 Å². The summed E-state index contributed by atoms with van der Waals surface area (Å²) < 4.78 is 10.7. The number of nitrogens with one attached hydrogen (secondary N) is 4. The Bertz CT molecular complexity index is 1440. The van der Waals surface area contributed by atoms with Crippen molar-refractivity contribution in [2.75, 3.05) is 0 Å². The summed E-state index contributed by atoms with van der Waals surface area (Å²) in [7, 11) is 0. The minimum atomic E-state index is -1.29. The molecular formula is C38H50N4O7.